The average Bonchev–Trinajstić information content (AvgIpc) is 2.83. The predicted octanol–water partition coefficient (Wildman–Crippen LogP) is 2.70. The Morgan fingerprint density at radius 3 is 2.35 bits per heavy atom. The van der Waals surface area contributed by atoms with Crippen LogP contribution in [0.3, 0.4) is 0 Å². The quantitative estimate of drug-likeness (QED) is 0.877. The third kappa shape index (κ3) is 3.69. The SMILES string of the molecule is Cn1cc(CC(=O)N[C@](C)(c2ccc(F)cc2)C(F)(F)F)cn1. The number of aromatic nitrogens is 2. The van der Waals surface area contributed by atoms with Crippen LogP contribution in [0.1, 0.15) is 18.1 Å². The molecule has 2 aromatic rings. The third-order valence-corrected chi connectivity index (χ3v) is 3.50. The zero-order valence-corrected chi connectivity index (χ0v) is 12.5. The van der Waals surface area contributed by atoms with Crippen LogP contribution in [0.15, 0.2) is 36.7 Å². The van der Waals surface area contributed by atoms with Crippen molar-refractivity contribution >= 4 is 5.91 Å². The minimum absolute atomic E-state index is 0.235. The second-order valence-electron chi connectivity index (χ2n) is 5.38. The number of aryl methyl sites for hydroxylation is 1. The standard InChI is InChI=1S/C15H15F4N3O/c1-14(15(17,18)19,11-3-5-12(16)6-4-11)21-13(23)7-10-8-20-22(2)9-10/h3-6,8-9H,7H2,1-2H3,(H,21,23)/t14-/m1/s1. The van der Waals surface area contributed by atoms with Crippen molar-refractivity contribution in [2.24, 2.45) is 7.05 Å². The van der Waals surface area contributed by atoms with Gasteiger partial charge in [-0.15, -0.1) is 0 Å². The summed E-state index contributed by atoms with van der Waals surface area (Å²) in [5.74, 6) is -1.46. The summed E-state index contributed by atoms with van der Waals surface area (Å²) in [5, 5.41) is 5.86. The van der Waals surface area contributed by atoms with Gasteiger partial charge < -0.3 is 5.32 Å². The predicted molar refractivity (Wildman–Crippen MR) is 74.9 cm³/mol. The summed E-state index contributed by atoms with van der Waals surface area (Å²) in [7, 11) is 1.64. The van der Waals surface area contributed by atoms with Gasteiger partial charge in [0.15, 0.2) is 5.54 Å². The molecule has 0 aliphatic carbocycles. The first-order chi connectivity index (χ1) is 10.6. The van der Waals surface area contributed by atoms with Gasteiger partial charge in [0, 0.05) is 13.2 Å². The van der Waals surface area contributed by atoms with Crippen molar-refractivity contribution in [3.8, 4) is 0 Å². The first kappa shape index (κ1) is 17.0. The van der Waals surface area contributed by atoms with Crippen molar-refractivity contribution in [3.05, 3.63) is 53.6 Å². The van der Waals surface area contributed by atoms with E-state index in [-0.39, 0.29) is 12.0 Å². The molecule has 0 aliphatic heterocycles. The number of halogens is 4. The van der Waals surface area contributed by atoms with Gasteiger partial charge >= 0.3 is 6.18 Å². The van der Waals surface area contributed by atoms with E-state index in [0.29, 0.717) is 5.56 Å². The van der Waals surface area contributed by atoms with Crippen LogP contribution < -0.4 is 5.32 Å². The van der Waals surface area contributed by atoms with E-state index in [1.165, 1.54) is 10.9 Å². The highest BCUT2D eigenvalue weighted by Crippen LogP contribution is 2.38. The second kappa shape index (κ2) is 6.02. The molecule has 2 rings (SSSR count). The average molecular weight is 329 g/mol. The lowest BCUT2D eigenvalue weighted by atomic mass is 9.90. The smallest absolute Gasteiger partial charge is 0.338 e. The number of carbonyl (C=O) groups is 1. The Balaban J connectivity index is 2.25. The molecule has 124 valence electrons. The van der Waals surface area contributed by atoms with E-state index in [1.807, 2.05) is 5.32 Å². The van der Waals surface area contributed by atoms with Crippen LogP contribution in [0.5, 0.6) is 0 Å². The van der Waals surface area contributed by atoms with E-state index in [1.54, 1.807) is 13.2 Å². The Morgan fingerprint density at radius 1 is 1.26 bits per heavy atom. The summed E-state index contributed by atoms with van der Waals surface area (Å²) in [5.41, 5.74) is -2.36. The lowest BCUT2D eigenvalue weighted by Gasteiger charge is -2.33. The lowest BCUT2D eigenvalue weighted by Crippen LogP contribution is -2.54. The van der Waals surface area contributed by atoms with Crippen molar-refractivity contribution in [1.29, 1.82) is 0 Å². The fourth-order valence-corrected chi connectivity index (χ4v) is 2.16. The summed E-state index contributed by atoms with van der Waals surface area (Å²) in [6.07, 6.45) is -2.03. The van der Waals surface area contributed by atoms with E-state index in [0.717, 1.165) is 31.2 Å². The molecule has 0 radical (unpaired) electrons. The Bertz CT molecular complexity index is 693. The van der Waals surface area contributed by atoms with Gasteiger partial charge in [0.05, 0.1) is 12.6 Å². The van der Waals surface area contributed by atoms with E-state index in [4.69, 9.17) is 0 Å². The number of nitrogens with one attached hydrogen (secondary N) is 1. The fourth-order valence-electron chi connectivity index (χ4n) is 2.16. The van der Waals surface area contributed by atoms with Crippen molar-refractivity contribution < 1.29 is 22.4 Å². The molecule has 1 aromatic heterocycles. The van der Waals surface area contributed by atoms with Gasteiger partial charge in [0.1, 0.15) is 5.82 Å². The molecule has 23 heavy (non-hydrogen) atoms. The number of hydrogen-bond acceptors (Lipinski definition) is 2. The summed E-state index contributed by atoms with van der Waals surface area (Å²) < 4.78 is 54.8. The van der Waals surface area contributed by atoms with Crippen molar-refractivity contribution in [2.75, 3.05) is 0 Å². The van der Waals surface area contributed by atoms with Gasteiger partial charge in [0.2, 0.25) is 5.91 Å². The number of hydrogen-bond donors (Lipinski definition) is 1. The molecule has 0 aliphatic rings. The van der Waals surface area contributed by atoms with Crippen LogP contribution in [-0.2, 0) is 23.8 Å². The largest absolute Gasteiger partial charge is 0.415 e. The highest BCUT2D eigenvalue weighted by atomic mass is 19.4. The van der Waals surface area contributed by atoms with E-state index in [2.05, 4.69) is 5.10 Å². The Morgan fingerprint density at radius 2 is 1.87 bits per heavy atom. The molecular formula is C15H15F4N3O. The molecule has 8 heteroatoms. The second-order valence-corrected chi connectivity index (χ2v) is 5.38. The lowest BCUT2D eigenvalue weighted by molar-refractivity contribution is -0.197. The molecule has 1 atom stereocenters. The zero-order valence-electron chi connectivity index (χ0n) is 12.5. The van der Waals surface area contributed by atoms with Gasteiger partial charge in [-0.2, -0.15) is 18.3 Å². The van der Waals surface area contributed by atoms with Gasteiger partial charge in [0.25, 0.3) is 0 Å². The normalized spacial score (nSPS) is 14.3. The Hall–Kier alpha value is -2.38. The number of benzene rings is 1. The van der Waals surface area contributed by atoms with Gasteiger partial charge in [-0.05, 0) is 30.2 Å². The number of carbonyl (C=O) groups excluding carboxylic acids is 1. The molecule has 0 bridgehead atoms. The highest BCUT2D eigenvalue weighted by Gasteiger charge is 2.53. The maximum Gasteiger partial charge on any atom is 0.415 e. The zero-order chi connectivity index (χ0) is 17.3. The molecule has 0 unspecified atom stereocenters. The van der Waals surface area contributed by atoms with Crippen LogP contribution in [0.2, 0.25) is 0 Å². The number of alkyl halides is 3. The third-order valence-electron chi connectivity index (χ3n) is 3.50. The summed E-state index contributed by atoms with van der Waals surface area (Å²) >= 11 is 0. The van der Waals surface area contributed by atoms with E-state index >= 15 is 0 Å². The monoisotopic (exact) mass is 329 g/mol. The minimum Gasteiger partial charge on any atom is -0.338 e. The summed E-state index contributed by atoms with van der Waals surface area (Å²) in [4.78, 5) is 12.0. The van der Waals surface area contributed by atoms with E-state index < -0.39 is 23.4 Å². The number of amides is 1. The highest BCUT2D eigenvalue weighted by molar-refractivity contribution is 5.79. The fraction of sp³-hybridized carbons (Fsp3) is 0.333. The van der Waals surface area contributed by atoms with Crippen LogP contribution in [0, 0.1) is 5.82 Å². The van der Waals surface area contributed by atoms with Crippen LogP contribution >= 0.6 is 0 Å². The summed E-state index contributed by atoms with van der Waals surface area (Å²) in [6.45, 7) is 0.849. The van der Waals surface area contributed by atoms with Gasteiger partial charge in [-0.25, -0.2) is 4.39 Å². The molecule has 1 N–H and O–H groups in total. The van der Waals surface area contributed by atoms with Crippen LogP contribution in [-0.4, -0.2) is 21.9 Å². The molecule has 1 aromatic carbocycles. The van der Waals surface area contributed by atoms with E-state index in [9.17, 15) is 22.4 Å². The molecule has 0 saturated heterocycles. The molecule has 1 amide bonds. The van der Waals surface area contributed by atoms with Crippen LogP contribution in [0.4, 0.5) is 17.6 Å². The van der Waals surface area contributed by atoms with Crippen molar-refractivity contribution in [3.63, 3.8) is 0 Å². The maximum absolute atomic E-state index is 13.5. The first-order valence-corrected chi connectivity index (χ1v) is 6.73. The number of rotatable bonds is 4. The minimum atomic E-state index is -4.74. The first-order valence-electron chi connectivity index (χ1n) is 6.73. The van der Waals surface area contributed by atoms with Gasteiger partial charge in [-0.1, -0.05) is 12.1 Å². The van der Waals surface area contributed by atoms with Crippen LogP contribution in [0.25, 0.3) is 0 Å². The Labute approximate surface area is 130 Å². The molecule has 0 spiro atoms. The van der Waals surface area contributed by atoms with Crippen molar-refractivity contribution in [2.45, 2.75) is 25.1 Å². The van der Waals surface area contributed by atoms with Gasteiger partial charge in [-0.3, -0.25) is 9.48 Å². The molecule has 1 heterocycles. The topological polar surface area (TPSA) is 46.9 Å². The summed E-state index contributed by atoms with van der Waals surface area (Å²) in [6, 6.07) is 3.86. The van der Waals surface area contributed by atoms with Crippen molar-refractivity contribution in [1.82, 2.24) is 15.1 Å². The Kier molecular flexibility index (Phi) is 4.44. The maximum atomic E-state index is 13.5. The number of nitrogens with zero attached hydrogens (tertiary/aromatic N) is 2. The molecular weight excluding hydrogens is 314 g/mol. The molecule has 0 fully saturated rings. The molecule has 4 nitrogen and oxygen atoms in total. The molecule has 0 saturated carbocycles.